The van der Waals surface area contributed by atoms with Gasteiger partial charge in [-0.05, 0) is 36.8 Å². The molecule has 2 rings (SSSR count). The zero-order valence-corrected chi connectivity index (χ0v) is 17.4. The van der Waals surface area contributed by atoms with E-state index in [2.05, 4.69) is 32.7 Å². The van der Waals surface area contributed by atoms with Gasteiger partial charge in [0.05, 0.1) is 12.6 Å². The van der Waals surface area contributed by atoms with E-state index in [1.54, 1.807) is 36.3 Å². The van der Waals surface area contributed by atoms with E-state index in [1.807, 2.05) is 25.1 Å². The molecule has 5 nitrogen and oxygen atoms in total. The number of thioether (sulfide) groups is 1. The van der Waals surface area contributed by atoms with Crippen LogP contribution < -0.4 is 10.6 Å². The largest absolute Gasteiger partial charge is 0.386 e. The molecule has 1 heterocycles. The van der Waals surface area contributed by atoms with Gasteiger partial charge in [-0.1, -0.05) is 18.2 Å². The summed E-state index contributed by atoms with van der Waals surface area (Å²) in [5.41, 5.74) is 0.823. The fourth-order valence-electron chi connectivity index (χ4n) is 2.07. The molecule has 25 heavy (non-hydrogen) atoms. The van der Waals surface area contributed by atoms with Gasteiger partial charge in [0, 0.05) is 36.1 Å². The number of nitrogens with one attached hydrogen (secondary N) is 2. The minimum Gasteiger partial charge on any atom is -0.386 e. The topological polar surface area (TPSA) is 69.5 Å². The van der Waals surface area contributed by atoms with Gasteiger partial charge < -0.3 is 15.7 Å². The molecule has 0 aliphatic heterocycles. The predicted molar refractivity (Wildman–Crippen MR) is 116 cm³/mol. The molecule has 0 saturated carbocycles. The van der Waals surface area contributed by atoms with E-state index in [1.165, 1.54) is 4.90 Å². The minimum absolute atomic E-state index is 0. The molecule has 0 fully saturated rings. The quantitative estimate of drug-likeness (QED) is 0.181. The molecule has 0 radical (unpaired) electrons. The Balaban J connectivity index is 0.00000312. The first-order valence-electron chi connectivity index (χ1n) is 8.07. The van der Waals surface area contributed by atoms with Gasteiger partial charge in [-0.3, -0.25) is 9.98 Å². The van der Waals surface area contributed by atoms with Crippen molar-refractivity contribution in [2.24, 2.45) is 4.99 Å². The zero-order chi connectivity index (χ0) is 17.0. The van der Waals surface area contributed by atoms with Crippen LogP contribution in [0.25, 0.3) is 0 Å². The van der Waals surface area contributed by atoms with E-state index in [9.17, 15) is 5.11 Å². The van der Waals surface area contributed by atoms with E-state index in [0.717, 1.165) is 30.4 Å². The lowest BCUT2D eigenvalue weighted by Crippen LogP contribution is -2.38. The first kappa shape index (κ1) is 21.7. The molecule has 0 spiro atoms. The number of nitrogens with zero attached hydrogens (tertiary/aromatic N) is 2. The second kappa shape index (κ2) is 13.0. The lowest BCUT2D eigenvalue weighted by molar-refractivity contribution is 0.187. The number of rotatable bonds is 8. The van der Waals surface area contributed by atoms with Crippen LogP contribution in [0.15, 0.2) is 64.7 Å². The number of benzene rings is 1. The average molecular weight is 472 g/mol. The van der Waals surface area contributed by atoms with Gasteiger partial charge in [0.1, 0.15) is 0 Å². The Hall–Kier alpha value is -1.32. The van der Waals surface area contributed by atoms with E-state index >= 15 is 0 Å². The number of hydrogen-bond donors (Lipinski definition) is 3. The van der Waals surface area contributed by atoms with Crippen LogP contribution in [-0.2, 0) is 0 Å². The van der Waals surface area contributed by atoms with Gasteiger partial charge in [-0.15, -0.1) is 35.7 Å². The Kier molecular flexibility index (Phi) is 11.3. The number of guanidine groups is 1. The van der Waals surface area contributed by atoms with Crippen molar-refractivity contribution in [1.82, 2.24) is 15.6 Å². The molecule has 1 unspecified atom stereocenters. The van der Waals surface area contributed by atoms with Crippen molar-refractivity contribution in [3.63, 3.8) is 0 Å². The van der Waals surface area contributed by atoms with Gasteiger partial charge in [0.15, 0.2) is 5.96 Å². The Morgan fingerprint density at radius 2 is 1.88 bits per heavy atom. The van der Waals surface area contributed by atoms with Crippen LogP contribution in [0.3, 0.4) is 0 Å². The molecule has 3 N–H and O–H groups in total. The number of hydrogen-bond acceptors (Lipinski definition) is 4. The summed E-state index contributed by atoms with van der Waals surface area (Å²) in [6, 6.07) is 13.9. The van der Waals surface area contributed by atoms with Crippen LogP contribution in [0.1, 0.15) is 18.6 Å². The normalized spacial score (nSPS) is 12.2. The Bertz CT molecular complexity index is 613. The van der Waals surface area contributed by atoms with E-state index in [4.69, 9.17) is 0 Å². The van der Waals surface area contributed by atoms with E-state index in [-0.39, 0.29) is 24.0 Å². The summed E-state index contributed by atoms with van der Waals surface area (Å²) in [6.45, 7) is 3.92. The maximum Gasteiger partial charge on any atom is 0.191 e. The van der Waals surface area contributed by atoms with Gasteiger partial charge in [-0.2, -0.15) is 0 Å². The van der Waals surface area contributed by atoms with Crippen molar-refractivity contribution in [1.29, 1.82) is 0 Å². The van der Waals surface area contributed by atoms with E-state index in [0.29, 0.717) is 6.54 Å². The van der Waals surface area contributed by atoms with Crippen molar-refractivity contribution in [2.45, 2.75) is 17.9 Å². The lowest BCUT2D eigenvalue weighted by atomic mass is 10.1. The molecule has 0 aliphatic rings. The van der Waals surface area contributed by atoms with Gasteiger partial charge in [0.2, 0.25) is 0 Å². The third kappa shape index (κ3) is 8.55. The summed E-state index contributed by atoms with van der Waals surface area (Å²) in [6.07, 6.45) is 2.72. The molecule has 1 atom stereocenters. The summed E-state index contributed by atoms with van der Waals surface area (Å²) < 4.78 is 0. The highest BCUT2D eigenvalue weighted by atomic mass is 127. The van der Waals surface area contributed by atoms with Crippen molar-refractivity contribution in [2.75, 3.05) is 25.4 Å². The van der Waals surface area contributed by atoms with Crippen molar-refractivity contribution in [3.05, 3.63) is 60.4 Å². The second-order valence-corrected chi connectivity index (χ2v) is 6.27. The SMILES string of the molecule is CCNC(=NCC(O)c1ccncc1)NCCSc1ccccc1.I. The van der Waals surface area contributed by atoms with Crippen molar-refractivity contribution in [3.8, 4) is 0 Å². The highest BCUT2D eigenvalue weighted by molar-refractivity contribution is 14.0. The molecule has 0 bridgehead atoms. The molecule has 136 valence electrons. The fraction of sp³-hybridized carbons (Fsp3) is 0.333. The fourth-order valence-corrected chi connectivity index (χ4v) is 2.85. The Morgan fingerprint density at radius 3 is 2.56 bits per heavy atom. The summed E-state index contributed by atoms with van der Waals surface area (Å²) in [5.74, 6) is 1.67. The smallest absolute Gasteiger partial charge is 0.191 e. The standard InChI is InChI=1S/C18H24N4OS.HI/c1-2-20-18(21-12-13-24-16-6-4-3-5-7-16)22-14-17(23)15-8-10-19-11-9-15;/h3-11,17,23H,2,12-14H2,1H3,(H2,20,21,22);1H. The summed E-state index contributed by atoms with van der Waals surface area (Å²) in [7, 11) is 0. The van der Waals surface area contributed by atoms with Gasteiger partial charge >= 0.3 is 0 Å². The highest BCUT2D eigenvalue weighted by Gasteiger charge is 2.06. The number of aliphatic imine (C=N–C) groups is 1. The van der Waals surface area contributed by atoms with Crippen LogP contribution in [0.4, 0.5) is 0 Å². The van der Waals surface area contributed by atoms with Crippen LogP contribution in [-0.4, -0.2) is 41.4 Å². The van der Waals surface area contributed by atoms with Crippen LogP contribution in [0.5, 0.6) is 0 Å². The Labute approximate surface area is 170 Å². The lowest BCUT2D eigenvalue weighted by Gasteiger charge is -2.13. The maximum atomic E-state index is 10.2. The number of aromatic nitrogens is 1. The third-order valence-corrected chi connectivity index (χ3v) is 4.28. The molecule has 0 aliphatic carbocycles. The van der Waals surface area contributed by atoms with Crippen molar-refractivity contribution >= 4 is 41.7 Å². The predicted octanol–water partition coefficient (Wildman–Crippen LogP) is 3.08. The number of halogens is 1. The van der Waals surface area contributed by atoms with Crippen LogP contribution >= 0.6 is 35.7 Å². The molecular weight excluding hydrogens is 447 g/mol. The first-order valence-corrected chi connectivity index (χ1v) is 9.06. The molecule has 1 aromatic heterocycles. The first-order chi connectivity index (χ1) is 11.8. The molecule has 2 aromatic rings. The number of pyridine rings is 1. The minimum atomic E-state index is -0.623. The molecule has 0 amide bonds. The van der Waals surface area contributed by atoms with Crippen molar-refractivity contribution < 1.29 is 5.11 Å². The zero-order valence-electron chi connectivity index (χ0n) is 14.3. The Morgan fingerprint density at radius 1 is 1.16 bits per heavy atom. The summed E-state index contributed by atoms with van der Waals surface area (Å²) in [4.78, 5) is 9.66. The van der Waals surface area contributed by atoms with Crippen LogP contribution in [0.2, 0.25) is 0 Å². The summed E-state index contributed by atoms with van der Waals surface area (Å²) >= 11 is 1.80. The second-order valence-electron chi connectivity index (χ2n) is 5.10. The highest BCUT2D eigenvalue weighted by Crippen LogP contribution is 2.15. The number of aliphatic hydroxyl groups excluding tert-OH is 1. The third-order valence-electron chi connectivity index (χ3n) is 3.26. The summed E-state index contributed by atoms with van der Waals surface area (Å²) in [5, 5.41) is 16.6. The maximum absolute atomic E-state index is 10.2. The molecule has 1 aromatic carbocycles. The monoisotopic (exact) mass is 472 g/mol. The molecule has 7 heteroatoms. The number of aliphatic hydroxyl groups is 1. The molecule has 0 saturated heterocycles. The van der Waals surface area contributed by atoms with E-state index < -0.39 is 6.10 Å². The van der Waals surface area contributed by atoms with Gasteiger partial charge in [0.25, 0.3) is 0 Å². The van der Waals surface area contributed by atoms with Crippen LogP contribution in [0, 0.1) is 0 Å². The average Bonchev–Trinajstić information content (AvgIpc) is 2.64. The molecular formula is C18H25IN4OS. The van der Waals surface area contributed by atoms with Gasteiger partial charge in [-0.25, -0.2) is 0 Å².